The summed E-state index contributed by atoms with van der Waals surface area (Å²) in [4.78, 5) is 39.1. The SMILES string of the molecule is CCc1ccc(NC(=O)OCC2(NC(=O)Cc3ccccc3Cl)CCN(C(=O)C(O)CO)CC2)cc1. The van der Waals surface area contributed by atoms with Gasteiger partial charge in [0.05, 0.1) is 18.6 Å². The monoisotopic (exact) mass is 517 g/mol. The van der Waals surface area contributed by atoms with E-state index in [4.69, 9.17) is 21.4 Å². The normalized spacial score (nSPS) is 15.6. The summed E-state index contributed by atoms with van der Waals surface area (Å²) >= 11 is 6.20. The van der Waals surface area contributed by atoms with Gasteiger partial charge < -0.3 is 25.2 Å². The fourth-order valence-corrected chi connectivity index (χ4v) is 4.29. The van der Waals surface area contributed by atoms with E-state index in [0.29, 0.717) is 29.1 Å². The number of ether oxygens (including phenoxy) is 1. The number of carbonyl (C=O) groups excluding carboxylic acids is 3. The summed E-state index contributed by atoms with van der Waals surface area (Å²) in [6.07, 6.45) is -0.631. The van der Waals surface area contributed by atoms with Crippen LogP contribution in [0.1, 0.15) is 30.9 Å². The van der Waals surface area contributed by atoms with Gasteiger partial charge in [0.1, 0.15) is 6.61 Å². The van der Waals surface area contributed by atoms with Crippen molar-refractivity contribution in [1.29, 1.82) is 0 Å². The van der Waals surface area contributed by atoms with Crippen molar-refractivity contribution in [3.8, 4) is 0 Å². The zero-order valence-corrected chi connectivity index (χ0v) is 21.0. The summed E-state index contributed by atoms with van der Waals surface area (Å²) < 4.78 is 5.50. The van der Waals surface area contributed by atoms with Crippen LogP contribution in [0.5, 0.6) is 0 Å². The van der Waals surface area contributed by atoms with Crippen LogP contribution in [0.3, 0.4) is 0 Å². The van der Waals surface area contributed by atoms with Crippen molar-refractivity contribution in [2.75, 3.05) is 31.6 Å². The zero-order valence-electron chi connectivity index (χ0n) is 20.2. The lowest BCUT2D eigenvalue weighted by molar-refractivity contribution is -0.144. The Kier molecular flexibility index (Phi) is 9.69. The number of piperidine rings is 1. The molecule has 3 rings (SSSR count). The second kappa shape index (κ2) is 12.7. The van der Waals surface area contributed by atoms with E-state index in [1.807, 2.05) is 19.1 Å². The number of aryl methyl sites for hydroxylation is 1. The van der Waals surface area contributed by atoms with Crippen LogP contribution in [0.4, 0.5) is 10.5 Å². The van der Waals surface area contributed by atoms with E-state index in [0.717, 1.165) is 12.0 Å². The lowest BCUT2D eigenvalue weighted by Crippen LogP contribution is -2.60. The van der Waals surface area contributed by atoms with Gasteiger partial charge in [-0.05, 0) is 48.6 Å². The number of carbonyl (C=O) groups is 3. The van der Waals surface area contributed by atoms with Crippen LogP contribution in [-0.4, -0.2) is 71.0 Å². The summed E-state index contributed by atoms with van der Waals surface area (Å²) in [6.45, 7) is 1.69. The Labute approximate surface area is 215 Å². The molecular formula is C26H32ClN3O6. The van der Waals surface area contributed by atoms with E-state index >= 15 is 0 Å². The smallest absolute Gasteiger partial charge is 0.411 e. The summed E-state index contributed by atoms with van der Waals surface area (Å²) in [6, 6.07) is 14.5. The molecule has 0 saturated carbocycles. The maximum absolute atomic E-state index is 12.9. The molecule has 9 nitrogen and oxygen atoms in total. The quantitative estimate of drug-likeness (QED) is 0.404. The molecule has 1 aliphatic rings. The first-order valence-electron chi connectivity index (χ1n) is 11.9. The Bertz CT molecular complexity index is 1050. The van der Waals surface area contributed by atoms with Crippen LogP contribution in [0.25, 0.3) is 0 Å². The highest BCUT2D eigenvalue weighted by molar-refractivity contribution is 6.31. The Morgan fingerprint density at radius 3 is 2.39 bits per heavy atom. The predicted octanol–water partition coefficient (Wildman–Crippen LogP) is 2.52. The molecule has 1 fully saturated rings. The van der Waals surface area contributed by atoms with Crippen molar-refractivity contribution in [3.63, 3.8) is 0 Å². The minimum absolute atomic E-state index is 0.0449. The van der Waals surface area contributed by atoms with Crippen molar-refractivity contribution in [2.24, 2.45) is 0 Å². The Hall–Kier alpha value is -3.14. The van der Waals surface area contributed by atoms with E-state index in [1.54, 1.807) is 36.4 Å². The number of nitrogens with one attached hydrogen (secondary N) is 2. The largest absolute Gasteiger partial charge is 0.447 e. The van der Waals surface area contributed by atoms with E-state index in [1.165, 1.54) is 4.90 Å². The lowest BCUT2D eigenvalue weighted by Gasteiger charge is -2.42. The van der Waals surface area contributed by atoms with Crippen molar-refractivity contribution in [2.45, 2.75) is 44.2 Å². The Morgan fingerprint density at radius 1 is 1.11 bits per heavy atom. The number of nitrogens with zero attached hydrogens (tertiary/aromatic N) is 1. The average Bonchev–Trinajstić information content (AvgIpc) is 2.89. The number of anilines is 1. The van der Waals surface area contributed by atoms with Gasteiger partial charge in [-0.1, -0.05) is 48.9 Å². The first-order valence-corrected chi connectivity index (χ1v) is 12.3. The minimum atomic E-state index is -1.49. The fraction of sp³-hybridized carbons (Fsp3) is 0.423. The van der Waals surface area contributed by atoms with Crippen LogP contribution in [0.2, 0.25) is 5.02 Å². The van der Waals surface area contributed by atoms with E-state index < -0.39 is 30.3 Å². The third-order valence-corrected chi connectivity index (χ3v) is 6.66. The van der Waals surface area contributed by atoms with Gasteiger partial charge in [0.15, 0.2) is 6.10 Å². The number of hydrogen-bond acceptors (Lipinski definition) is 6. The number of halogens is 1. The molecule has 194 valence electrons. The molecule has 0 aromatic heterocycles. The number of hydrogen-bond donors (Lipinski definition) is 4. The number of amides is 3. The van der Waals surface area contributed by atoms with E-state index in [9.17, 15) is 19.5 Å². The highest BCUT2D eigenvalue weighted by atomic mass is 35.5. The van der Waals surface area contributed by atoms with Gasteiger partial charge in [-0.25, -0.2) is 4.79 Å². The molecule has 0 radical (unpaired) electrons. The van der Waals surface area contributed by atoms with Crippen molar-refractivity contribution in [1.82, 2.24) is 10.2 Å². The second-order valence-corrected chi connectivity index (χ2v) is 9.28. The summed E-state index contributed by atoms with van der Waals surface area (Å²) in [5.41, 5.74) is 1.48. The van der Waals surface area contributed by atoms with Crippen LogP contribution < -0.4 is 10.6 Å². The molecular weight excluding hydrogens is 486 g/mol. The van der Waals surface area contributed by atoms with E-state index in [-0.39, 0.29) is 32.0 Å². The highest BCUT2D eigenvalue weighted by Crippen LogP contribution is 2.25. The Balaban J connectivity index is 1.66. The molecule has 1 saturated heterocycles. The molecule has 1 atom stereocenters. The molecule has 1 heterocycles. The third-order valence-electron chi connectivity index (χ3n) is 6.29. The van der Waals surface area contributed by atoms with E-state index in [2.05, 4.69) is 10.6 Å². The lowest BCUT2D eigenvalue weighted by atomic mass is 9.87. The van der Waals surface area contributed by atoms with Crippen molar-refractivity contribution >= 4 is 35.2 Å². The maximum Gasteiger partial charge on any atom is 0.411 e. The molecule has 1 aliphatic heterocycles. The van der Waals surface area contributed by atoms with Gasteiger partial charge in [-0.2, -0.15) is 0 Å². The minimum Gasteiger partial charge on any atom is -0.447 e. The number of rotatable bonds is 9. The number of likely N-dealkylation sites (tertiary alicyclic amines) is 1. The molecule has 4 N–H and O–H groups in total. The molecule has 0 spiro atoms. The number of benzene rings is 2. The number of aliphatic hydroxyl groups is 2. The van der Waals surface area contributed by atoms with Crippen LogP contribution >= 0.6 is 11.6 Å². The summed E-state index contributed by atoms with van der Waals surface area (Å²) in [5.74, 6) is -0.875. The van der Waals surface area contributed by atoms with Crippen molar-refractivity contribution in [3.05, 3.63) is 64.7 Å². The average molecular weight is 518 g/mol. The van der Waals surface area contributed by atoms with Crippen LogP contribution in [-0.2, 0) is 27.2 Å². The van der Waals surface area contributed by atoms with Gasteiger partial charge in [-0.3, -0.25) is 14.9 Å². The second-order valence-electron chi connectivity index (χ2n) is 8.87. The Morgan fingerprint density at radius 2 is 1.78 bits per heavy atom. The molecule has 1 unspecified atom stereocenters. The molecule has 36 heavy (non-hydrogen) atoms. The predicted molar refractivity (Wildman–Crippen MR) is 136 cm³/mol. The van der Waals surface area contributed by atoms with Crippen molar-refractivity contribution < 1.29 is 29.3 Å². The van der Waals surface area contributed by atoms with Gasteiger partial charge in [0, 0.05) is 23.8 Å². The summed E-state index contributed by atoms with van der Waals surface area (Å²) in [7, 11) is 0. The summed E-state index contributed by atoms with van der Waals surface area (Å²) in [5, 5.41) is 24.9. The molecule has 3 amide bonds. The topological polar surface area (TPSA) is 128 Å². The van der Waals surface area contributed by atoms with Crippen LogP contribution in [0.15, 0.2) is 48.5 Å². The first kappa shape index (κ1) is 27.4. The highest BCUT2D eigenvalue weighted by Gasteiger charge is 2.39. The van der Waals surface area contributed by atoms with Gasteiger partial charge in [0.2, 0.25) is 5.91 Å². The standard InChI is InChI=1S/C26H32ClN3O6/c1-2-18-7-9-20(10-8-18)28-25(35)36-17-26(11-13-30(14-12-26)24(34)22(32)16-31)29-23(33)15-19-5-3-4-6-21(19)27/h3-10,22,31-32H,2,11-17H2,1H3,(H,28,35)(H,29,33). The van der Waals surface area contributed by atoms with Gasteiger partial charge in [0.25, 0.3) is 5.91 Å². The molecule has 0 bridgehead atoms. The maximum atomic E-state index is 12.9. The molecule has 0 aliphatic carbocycles. The molecule has 2 aromatic carbocycles. The number of aliphatic hydroxyl groups excluding tert-OH is 2. The van der Waals surface area contributed by atoms with Gasteiger partial charge >= 0.3 is 6.09 Å². The van der Waals surface area contributed by atoms with Gasteiger partial charge in [-0.15, -0.1) is 0 Å². The third kappa shape index (κ3) is 7.43. The molecule has 2 aromatic rings. The first-order chi connectivity index (χ1) is 17.2. The fourth-order valence-electron chi connectivity index (χ4n) is 4.09. The van der Waals surface area contributed by atoms with Crippen LogP contribution in [0, 0.1) is 0 Å². The zero-order chi connectivity index (χ0) is 26.1. The molecule has 10 heteroatoms.